The summed E-state index contributed by atoms with van der Waals surface area (Å²) in [7, 11) is 5.66. The van der Waals surface area contributed by atoms with E-state index in [1.165, 1.54) is 0 Å². The molecule has 0 saturated heterocycles. The molecule has 0 unspecified atom stereocenters. The first-order valence-electron chi connectivity index (χ1n) is 4.95. The molecule has 1 aromatic rings. The summed E-state index contributed by atoms with van der Waals surface area (Å²) >= 11 is 0. The zero-order chi connectivity index (χ0) is 11.3. The SMILES string of the molecule is COc1cccc(CN=C(C)N(C)C)c1. The van der Waals surface area contributed by atoms with Crippen molar-refractivity contribution in [2.75, 3.05) is 21.2 Å². The van der Waals surface area contributed by atoms with E-state index >= 15 is 0 Å². The number of hydrogen-bond donors (Lipinski definition) is 0. The van der Waals surface area contributed by atoms with Gasteiger partial charge in [-0.1, -0.05) is 12.1 Å². The van der Waals surface area contributed by atoms with E-state index in [-0.39, 0.29) is 0 Å². The van der Waals surface area contributed by atoms with Crippen LogP contribution in [0.4, 0.5) is 0 Å². The van der Waals surface area contributed by atoms with Crippen LogP contribution in [0.3, 0.4) is 0 Å². The lowest BCUT2D eigenvalue weighted by atomic mass is 10.2. The molecule has 1 rings (SSSR count). The molecule has 0 bridgehead atoms. The minimum atomic E-state index is 0.696. The number of amidine groups is 1. The smallest absolute Gasteiger partial charge is 0.119 e. The Morgan fingerprint density at radius 2 is 2.13 bits per heavy atom. The highest BCUT2D eigenvalue weighted by atomic mass is 16.5. The first-order valence-corrected chi connectivity index (χ1v) is 4.95. The van der Waals surface area contributed by atoms with Crippen LogP contribution in [0.15, 0.2) is 29.3 Å². The normalized spacial score (nSPS) is 11.3. The molecule has 0 amide bonds. The Balaban J connectivity index is 2.69. The van der Waals surface area contributed by atoms with E-state index in [0.29, 0.717) is 6.54 Å². The molecule has 0 aliphatic carbocycles. The summed E-state index contributed by atoms with van der Waals surface area (Å²) in [6, 6.07) is 7.97. The monoisotopic (exact) mass is 206 g/mol. The number of aliphatic imine (C=N–C) groups is 1. The van der Waals surface area contributed by atoms with Gasteiger partial charge >= 0.3 is 0 Å². The predicted molar refractivity (Wildman–Crippen MR) is 63.5 cm³/mol. The van der Waals surface area contributed by atoms with Crippen molar-refractivity contribution in [2.24, 2.45) is 4.99 Å². The average molecular weight is 206 g/mol. The van der Waals surface area contributed by atoms with Gasteiger partial charge in [-0.25, -0.2) is 0 Å². The van der Waals surface area contributed by atoms with E-state index in [9.17, 15) is 0 Å². The average Bonchev–Trinajstić information content (AvgIpc) is 2.26. The maximum atomic E-state index is 5.15. The third kappa shape index (κ3) is 3.62. The predicted octanol–water partition coefficient (Wildman–Crippen LogP) is 2.18. The second-order valence-electron chi connectivity index (χ2n) is 3.61. The van der Waals surface area contributed by atoms with Crippen LogP contribution in [0.2, 0.25) is 0 Å². The highest BCUT2D eigenvalue weighted by molar-refractivity contribution is 5.79. The molecule has 0 radical (unpaired) electrons. The molecule has 0 fully saturated rings. The van der Waals surface area contributed by atoms with Crippen LogP contribution < -0.4 is 4.74 Å². The van der Waals surface area contributed by atoms with E-state index < -0.39 is 0 Å². The highest BCUT2D eigenvalue weighted by Gasteiger charge is 1.96. The maximum Gasteiger partial charge on any atom is 0.119 e. The Morgan fingerprint density at radius 1 is 1.40 bits per heavy atom. The highest BCUT2D eigenvalue weighted by Crippen LogP contribution is 2.13. The minimum Gasteiger partial charge on any atom is -0.497 e. The van der Waals surface area contributed by atoms with E-state index in [1.807, 2.05) is 44.1 Å². The summed E-state index contributed by atoms with van der Waals surface area (Å²) in [4.78, 5) is 6.46. The van der Waals surface area contributed by atoms with Crippen molar-refractivity contribution in [1.29, 1.82) is 0 Å². The largest absolute Gasteiger partial charge is 0.497 e. The van der Waals surface area contributed by atoms with Crippen molar-refractivity contribution in [3.05, 3.63) is 29.8 Å². The fourth-order valence-electron chi connectivity index (χ4n) is 1.12. The van der Waals surface area contributed by atoms with Crippen LogP contribution in [0.25, 0.3) is 0 Å². The standard InChI is InChI=1S/C12H18N2O/c1-10(14(2)3)13-9-11-6-5-7-12(8-11)15-4/h5-8H,9H2,1-4H3. The van der Waals surface area contributed by atoms with Crippen LogP contribution in [0.5, 0.6) is 5.75 Å². The minimum absolute atomic E-state index is 0.696. The lowest BCUT2D eigenvalue weighted by Gasteiger charge is -2.11. The number of ether oxygens (including phenoxy) is 1. The van der Waals surface area contributed by atoms with Crippen molar-refractivity contribution >= 4 is 5.84 Å². The molecule has 0 saturated carbocycles. The number of nitrogens with zero attached hydrogens (tertiary/aromatic N) is 2. The Labute approximate surface area is 91.4 Å². The van der Waals surface area contributed by atoms with Gasteiger partial charge in [-0.2, -0.15) is 0 Å². The van der Waals surface area contributed by atoms with Gasteiger partial charge in [0.2, 0.25) is 0 Å². The Kier molecular flexibility index (Phi) is 4.16. The van der Waals surface area contributed by atoms with Crippen LogP contribution in [0.1, 0.15) is 12.5 Å². The summed E-state index contributed by atoms with van der Waals surface area (Å²) in [5.41, 5.74) is 1.16. The lowest BCUT2D eigenvalue weighted by Crippen LogP contribution is -2.18. The molecular formula is C12H18N2O. The van der Waals surface area contributed by atoms with Crippen LogP contribution in [-0.2, 0) is 6.54 Å². The van der Waals surface area contributed by atoms with Crippen LogP contribution in [0, 0.1) is 0 Å². The van der Waals surface area contributed by atoms with E-state index in [1.54, 1.807) is 7.11 Å². The van der Waals surface area contributed by atoms with Crippen molar-refractivity contribution < 1.29 is 4.74 Å². The number of methoxy groups -OCH3 is 1. The first kappa shape index (κ1) is 11.6. The van der Waals surface area contributed by atoms with Gasteiger partial charge in [0.05, 0.1) is 19.5 Å². The lowest BCUT2D eigenvalue weighted by molar-refractivity contribution is 0.414. The quantitative estimate of drug-likeness (QED) is 0.559. The molecule has 3 heteroatoms. The molecule has 82 valence electrons. The summed E-state index contributed by atoms with van der Waals surface area (Å²) in [6.07, 6.45) is 0. The summed E-state index contributed by atoms with van der Waals surface area (Å²) in [5.74, 6) is 1.91. The van der Waals surface area contributed by atoms with Gasteiger partial charge in [0.15, 0.2) is 0 Å². The molecule has 0 aliphatic heterocycles. The van der Waals surface area contributed by atoms with Crippen molar-refractivity contribution in [1.82, 2.24) is 4.90 Å². The third-order valence-corrected chi connectivity index (χ3v) is 2.27. The van der Waals surface area contributed by atoms with Crippen molar-refractivity contribution in [3.63, 3.8) is 0 Å². The Bertz CT molecular complexity index is 345. The van der Waals surface area contributed by atoms with Gasteiger partial charge in [-0.05, 0) is 24.6 Å². The van der Waals surface area contributed by atoms with Gasteiger partial charge < -0.3 is 9.64 Å². The molecular weight excluding hydrogens is 188 g/mol. The first-order chi connectivity index (χ1) is 7.13. The molecule has 0 aromatic heterocycles. The van der Waals surface area contributed by atoms with Crippen LogP contribution in [-0.4, -0.2) is 31.9 Å². The molecule has 15 heavy (non-hydrogen) atoms. The summed E-state index contributed by atoms with van der Waals surface area (Å²) in [6.45, 7) is 2.70. The van der Waals surface area contributed by atoms with E-state index in [0.717, 1.165) is 17.1 Å². The topological polar surface area (TPSA) is 24.8 Å². The van der Waals surface area contributed by atoms with E-state index in [4.69, 9.17) is 4.74 Å². The molecule has 0 atom stereocenters. The maximum absolute atomic E-state index is 5.15. The van der Waals surface area contributed by atoms with Gasteiger partial charge in [-0.3, -0.25) is 4.99 Å². The molecule has 1 aromatic carbocycles. The number of rotatable bonds is 3. The molecule has 0 N–H and O–H groups in total. The zero-order valence-electron chi connectivity index (χ0n) is 9.82. The zero-order valence-corrected chi connectivity index (χ0v) is 9.82. The van der Waals surface area contributed by atoms with Gasteiger partial charge in [0.25, 0.3) is 0 Å². The van der Waals surface area contributed by atoms with Gasteiger partial charge in [0, 0.05) is 14.1 Å². The third-order valence-electron chi connectivity index (χ3n) is 2.27. The molecule has 3 nitrogen and oxygen atoms in total. The molecule has 0 aliphatic rings. The van der Waals surface area contributed by atoms with Crippen LogP contribution >= 0.6 is 0 Å². The van der Waals surface area contributed by atoms with Gasteiger partial charge in [-0.15, -0.1) is 0 Å². The van der Waals surface area contributed by atoms with Gasteiger partial charge in [0.1, 0.15) is 5.75 Å². The number of benzene rings is 1. The van der Waals surface area contributed by atoms with Crippen molar-refractivity contribution in [3.8, 4) is 5.75 Å². The Hall–Kier alpha value is -1.51. The summed E-state index contributed by atoms with van der Waals surface area (Å²) in [5, 5.41) is 0. The van der Waals surface area contributed by atoms with Crippen molar-refractivity contribution in [2.45, 2.75) is 13.5 Å². The fourth-order valence-corrected chi connectivity index (χ4v) is 1.12. The fraction of sp³-hybridized carbons (Fsp3) is 0.417. The second-order valence-corrected chi connectivity index (χ2v) is 3.61. The number of hydrogen-bond acceptors (Lipinski definition) is 2. The Morgan fingerprint density at radius 3 is 2.73 bits per heavy atom. The second kappa shape index (κ2) is 5.39. The molecule has 0 spiro atoms. The summed E-state index contributed by atoms with van der Waals surface area (Å²) < 4.78 is 5.15. The van der Waals surface area contributed by atoms with E-state index in [2.05, 4.69) is 11.1 Å². The molecule has 0 heterocycles.